The Balaban J connectivity index is 0.914. The fourth-order valence-corrected chi connectivity index (χ4v) is 8.50. The maximum absolute atomic E-state index is 14.8. The summed E-state index contributed by atoms with van der Waals surface area (Å²) in [6.07, 6.45) is 8.26. The van der Waals surface area contributed by atoms with Gasteiger partial charge in [0, 0.05) is 42.2 Å². The zero-order chi connectivity index (χ0) is 35.9. The van der Waals surface area contributed by atoms with Gasteiger partial charge < -0.3 is 34.3 Å². The smallest absolute Gasteiger partial charge is 0.259 e. The predicted molar refractivity (Wildman–Crippen MR) is 194 cm³/mol. The van der Waals surface area contributed by atoms with Gasteiger partial charge in [-0.1, -0.05) is 19.3 Å². The molecule has 0 saturated carbocycles. The van der Waals surface area contributed by atoms with E-state index in [0.717, 1.165) is 98.1 Å². The second-order valence-electron chi connectivity index (χ2n) is 13.5. The number of unbranched alkanes of at least 4 members (excludes halogenated alkanes) is 4. The van der Waals surface area contributed by atoms with E-state index in [4.69, 9.17) is 9.47 Å². The van der Waals surface area contributed by atoms with Crippen molar-refractivity contribution in [1.82, 2.24) is 15.1 Å². The summed E-state index contributed by atoms with van der Waals surface area (Å²) >= 11 is 1.61. The van der Waals surface area contributed by atoms with Gasteiger partial charge in [-0.15, -0.1) is 11.3 Å². The molecule has 1 aromatic heterocycles. The number of thiophene rings is 1. The van der Waals surface area contributed by atoms with Crippen molar-refractivity contribution in [2.75, 3.05) is 45.3 Å². The fraction of sp³-hybridized carbons (Fsp3) is 0.487. The number of halogens is 1. The second-order valence-corrected chi connectivity index (χ2v) is 14.5. The molecule has 2 aromatic carbocycles. The van der Waals surface area contributed by atoms with Gasteiger partial charge in [0.25, 0.3) is 11.8 Å². The average molecular weight is 719 g/mol. The molecule has 0 radical (unpaired) electrons. The molecule has 6 rings (SSSR count). The number of hydrogen-bond acceptors (Lipinski definition) is 8. The molecule has 1 atom stereocenters. The van der Waals surface area contributed by atoms with E-state index in [1.165, 1.54) is 18.0 Å². The minimum Gasteiger partial charge on any atom is -0.493 e. The molecule has 272 valence electrons. The standard InChI is InChI=1S/C39H47FN4O6S/c1-41-37(46)33(9-8-18-45)44-24-32-30(21-27(40)22-31(32)39(44)48)26-12-16-42(17-13-26)15-6-4-3-5-7-19-50-35-23-28(10-11-34(35)49-2)43-25-36-29(38(43)47)14-20-51-36/h10-11,14,18,20-23,26,33H,3-9,12-13,15-17,19,24-25H2,1-2H3,(H,41,46). The lowest BCUT2D eigenvalue weighted by Crippen LogP contribution is -2.46. The number of carbonyl (C=O) groups excluding carboxylic acids is 4. The number of aldehydes is 1. The summed E-state index contributed by atoms with van der Waals surface area (Å²) in [5.41, 5.74) is 3.61. The zero-order valence-corrected chi connectivity index (χ0v) is 30.3. The highest BCUT2D eigenvalue weighted by Crippen LogP contribution is 2.39. The van der Waals surface area contributed by atoms with Crippen molar-refractivity contribution < 1.29 is 33.0 Å². The number of benzene rings is 2. The summed E-state index contributed by atoms with van der Waals surface area (Å²) in [7, 11) is 3.13. The maximum atomic E-state index is 14.8. The molecule has 10 nitrogen and oxygen atoms in total. The summed E-state index contributed by atoms with van der Waals surface area (Å²) in [6, 6.07) is 9.63. The van der Waals surface area contributed by atoms with Gasteiger partial charge in [0.2, 0.25) is 5.91 Å². The molecule has 3 amide bonds. The Morgan fingerprint density at radius 2 is 1.78 bits per heavy atom. The van der Waals surface area contributed by atoms with Crippen molar-refractivity contribution in [3.05, 3.63) is 74.7 Å². The summed E-state index contributed by atoms with van der Waals surface area (Å²) < 4.78 is 26.4. The van der Waals surface area contributed by atoms with Crippen LogP contribution in [-0.2, 0) is 22.7 Å². The SMILES string of the molecule is CNC(=O)C(CCC=O)N1Cc2c(cc(F)cc2C2CCN(CCCCCCCOc3cc(N4Cc5sccc5C4=O)ccc3OC)CC2)C1=O. The second kappa shape index (κ2) is 16.8. The topological polar surface area (TPSA) is 108 Å². The number of nitrogens with zero attached hydrogens (tertiary/aromatic N) is 3. The van der Waals surface area contributed by atoms with Gasteiger partial charge in [-0.2, -0.15) is 0 Å². The van der Waals surface area contributed by atoms with E-state index in [1.54, 1.807) is 29.4 Å². The van der Waals surface area contributed by atoms with Crippen LogP contribution in [0.25, 0.3) is 0 Å². The number of fused-ring (bicyclic) bond motifs is 2. The summed E-state index contributed by atoms with van der Waals surface area (Å²) in [5, 5.41) is 4.56. The van der Waals surface area contributed by atoms with Crippen molar-refractivity contribution in [2.45, 2.75) is 82.8 Å². The number of anilines is 1. The van der Waals surface area contributed by atoms with Crippen molar-refractivity contribution in [3.8, 4) is 11.5 Å². The number of methoxy groups -OCH3 is 1. The largest absolute Gasteiger partial charge is 0.493 e. The third-order valence-corrected chi connectivity index (χ3v) is 11.3. The molecule has 12 heteroatoms. The highest BCUT2D eigenvalue weighted by atomic mass is 32.1. The summed E-state index contributed by atoms with van der Waals surface area (Å²) in [5.74, 6) is 0.372. The molecule has 51 heavy (non-hydrogen) atoms. The minimum absolute atomic E-state index is 0.0214. The number of carbonyl (C=O) groups is 4. The Bertz CT molecular complexity index is 1740. The number of rotatable bonds is 17. The number of hydrogen-bond donors (Lipinski definition) is 1. The lowest BCUT2D eigenvalue weighted by molar-refractivity contribution is -0.125. The molecule has 3 aromatic rings. The van der Waals surface area contributed by atoms with Gasteiger partial charge in [0.05, 0.1) is 25.8 Å². The number of piperidine rings is 1. The van der Waals surface area contributed by atoms with Crippen molar-refractivity contribution in [1.29, 1.82) is 0 Å². The maximum Gasteiger partial charge on any atom is 0.259 e. The van der Waals surface area contributed by atoms with Crippen LogP contribution in [0.1, 0.15) is 100 Å². The normalized spacial score (nSPS) is 16.7. The van der Waals surface area contributed by atoms with Crippen molar-refractivity contribution in [3.63, 3.8) is 0 Å². The molecule has 0 bridgehead atoms. The highest BCUT2D eigenvalue weighted by Gasteiger charge is 2.39. The van der Waals surface area contributed by atoms with Crippen LogP contribution in [-0.4, -0.2) is 80.2 Å². The Morgan fingerprint density at radius 3 is 2.53 bits per heavy atom. The zero-order valence-electron chi connectivity index (χ0n) is 29.5. The van der Waals surface area contributed by atoms with E-state index in [9.17, 15) is 23.6 Å². The molecular weight excluding hydrogens is 672 g/mol. The lowest BCUT2D eigenvalue weighted by Gasteiger charge is -2.33. The summed E-state index contributed by atoms with van der Waals surface area (Å²) in [6.45, 7) is 4.26. The first kappa shape index (κ1) is 36.5. The molecular formula is C39H47FN4O6S. The number of amides is 3. The van der Waals surface area contributed by atoms with E-state index in [-0.39, 0.29) is 43.0 Å². The van der Waals surface area contributed by atoms with Crippen LogP contribution in [0.5, 0.6) is 11.5 Å². The molecule has 1 unspecified atom stereocenters. The Labute approximate surface area is 302 Å². The first-order chi connectivity index (χ1) is 24.8. The van der Waals surface area contributed by atoms with Gasteiger partial charge in [-0.05, 0) is 104 Å². The lowest BCUT2D eigenvalue weighted by atomic mass is 9.85. The number of likely N-dealkylation sites (tertiary alicyclic amines) is 1. The van der Waals surface area contributed by atoms with Crippen LogP contribution < -0.4 is 19.7 Å². The van der Waals surface area contributed by atoms with E-state index in [2.05, 4.69) is 10.2 Å². The van der Waals surface area contributed by atoms with Gasteiger partial charge in [0.15, 0.2) is 11.5 Å². The molecule has 3 aliphatic heterocycles. The number of nitrogens with one attached hydrogen (secondary N) is 1. The molecule has 1 N–H and O–H groups in total. The summed E-state index contributed by atoms with van der Waals surface area (Å²) in [4.78, 5) is 56.6. The minimum atomic E-state index is -0.769. The molecule has 1 saturated heterocycles. The third-order valence-electron chi connectivity index (χ3n) is 10.4. The number of ether oxygens (including phenoxy) is 2. The molecule has 0 spiro atoms. The third kappa shape index (κ3) is 8.12. The van der Waals surface area contributed by atoms with Gasteiger partial charge >= 0.3 is 0 Å². The van der Waals surface area contributed by atoms with Crippen LogP contribution in [0.2, 0.25) is 0 Å². The van der Waals surface area contributed by atoms with E-state index >= 15 is 0 Å². The molecule has 0 aliphatic carbocycles. The van der Waals surface area contributed by atoms with Crippen molar-refractivity contribution >= 4 is 41.0 Å². The first-order valence-electron chi connectivity index (χ1n) is 18.0. The predicted octanol–water partition coefficient (Wildman–Crippen LogP) is 6.31. The van der Waals surface area contributed by atoms with Crippen LogP contribution in [0.3, 0.4) is 0 Å². The Hall–Kier alpha value is -4.29. The molecule has 4 heterocycles. The Kier molecular flexibility index (Phi) is 12.0. The number of likely N-dealkylation sites (N-methyl/N-ethyl adjacent to an activating group) is 1. The van der Waals surface area contributed by atoms with E-state index < -0.39 is 11.9 Å². The van der Waals surface area contributed by atoms with Gasteiger partial charge in [-0.25, -0.2) is 4.39 Å². The average Bonchev–Trinajstić information content (AvgIpc) is 3.84. The highest BCUT2D eigenvalue weighted by molar-refractivity contribution is 7.10. The van der Waals surface area contributed by atoms with Crippen LogP contribution in [0.15, 0.2) is 41.8 Å². The first-order valence-corrected chi connectivity index (χ1v) is 18.9. The monoisotopic (exact) mass is 718 g/mol. The van der Waals surface area contributed by atoms with Gasteiger partial charge in [-0.3, -0.25) is 14.4 Å². The van der Waals surface area contributed by atoms with E-state index in [0.29, 0.717) is 30.2 Å². The molecule has 3 aliphatic rings. The van der Waals surface area contributed by atoms with Crippen molar-refractivity contribution in [2.24, 2.45) is 0 Å². The fourth-order valence-electron chi connectivity index (χ4n) is 7.65. The van der Waals surface area contributed by atoms with Crippen LogP contribution >= 0.6 is 11.3 Å². The van der Waals surface area contributed by atoms with Crippen LogP contribution in [0, 0.1) is 5.82 Å². The van der Waals surface area contributed by atoms with Gasteiger partial charge in [0.1, 0.15) is 18.1 Å². The quantitative estimate of drug-likeness (QED) is 0.129. The Morgan fingerprint density at radius 1 is 1.00 bits per heavy atom. The van der Waals surface area contributed by atoms with Crippen LogP contribution in [0.4, 0.5) is 10.1 Å². The molecule has 1 fully saturated rings. The van der Waals surface area contributed by atoms with E-state index in [1.807, 2.05) is 29.6 Å².